The fourth-order valence-electron chi connectivity index (χ4n) is 2.69. The molecule has 1 aromatic heterocycles. The second kappa shape index (κ2) is 7.83. The summed E-state index contributed by atoms with van der Waals surface area (Å²) < 4.78 is 1.53. The van der Waals surface area contributed by atoms with Crippen LogP contribution in [-0.2, 0) is 9.59 Å². The molecular weight excluding hydrogens is 364 g/mol. The first-order chi connectivity index (χ1) is 12.0. The number of carbonyl (C=O) groups excluding carboxylic acids is 2. The summed E-state index contributed by atoms with van der Waals surface area (Å²) in [5, 5.41) is 12.6. The number of amides is 2. The van der Waals surface area contributed by atoms with E-state index in [1.807, 2.05) is 6.07 Å². The number of benzene rings is 1. The maximum absolute atomic E-state index is 12.4. The zero-order chi connectivity index (χ0) is 17.8. The van der Waals surface area contributed by atoms with Crippen LogP contribution in [0.2, 0.25) is 5.02 Å². The maximum Gasteiger partial charge on any atom is 0.233 e. The second-order valence-corrected chi connectivity index (χ2v) is 7.10. The van der Waals surface area contributed by atoms with Crippen molar-refractivity contribution in [3.63, 3.8) is 0 Å². The Bertz CT molecular complexity index is 783. The van der Waals surface area contributed by atoms with Gasteiger partial charge in [0.15, 0.2) is 0 Å². The summed E-state index contributed by atoms with van der Waals surface area (Å²) in [5.74, 6) is -0.488. The van der Waals surface area contributed by atoms with Gasteiger partial charge < -0.3 is 10.6 Å². The number of aromatic nitrogens is 4. The molecular formula is C15H17ClN6O2S. The smallest absolute Gasteiger partial charge is 0.233 e. The Balaban J connectivity index is 1.63. The van der Waals surface area contributed by atoms with Crippen molar-refractivity contribution in [3.8, 4) is 5.69 Å². The highest BCUT2D eigenvalue weighted by atomic mass is 35.5. The minimum Gasteiger partial charge on any atom is -0.369 e. The number of halogens is 1. The number of primary amides is 1. The number of hydrogen-bond acceptors (Lipinski definition) is 6. The van der Waals surface area contributed by atoms with Gasteiger partial charge in [0.25, 0.3) is 0 Å². The van der Waals surface area contributed by atoms with Crippen LogP contribution < -0.4 is 5.73 Å². The van der Waals surface area contributed by atoms with Gasteiger partial charge in [0.2, 0.25) is 17.0 Å². The predicted molar refractivity (Wildman–Crippen MR) is 93.4 cm³/mol. The molecule has 0 radical (unpaired) electrons. The van der Waals surface area contributed by atoms with Crippen LogP contribution in [0.25, 0.3) is 5.69 Å². The lowest BCUT2D eigenvalue weighted by molar-refractivity contribution is -0.132. The van der Waals surface area contributed by atoms with E-state index in [0.717, 1.165) is 18.5 Å². The largest absolute Gasteiger partial charge is 0.369 e. The molecule has 0 aliphatic carbocycles. The highest BCUT2D eigenvalue weighted by molar-refractivity contribution is 7.99. The van der Waals surface area contributed by atoms with E-state index in [1.54, 1.807) is 23.1 Å². The van der Waals surface area contributed by atoms with Crippen LogP contribution in [0.3, 0.4) is 0 Å². The van der Waals surface area contributed by atoms with Crippen molar-refractivity contribution < 1.29 is 9.59 Å². The van der Waals surface area contributed by atoms with Gasteiger partial charge in [-0.15, -0.1) is 5.10 Å². The molecule has 132 valence electrons. The zero-order valence-corrected chi connectivity index (χ0v) is 14.9. The van der Waals surface area contributed by atoms with Gasteiger partial charge in [0.05, 0.1) is 17.4 Å². The van der Waals surface area contributed by atoms with Crippen LogP contribution >= 0.6 is 23.4 Å². The standard InChI is InChI=1S/C15H17ClN6O2S/c16-11-4-1-5-12(7-11)22-15(18-19-20-22)25-9-13(23)21-6-2-3-10(8-21)14(17)24/h1,4-5,7,10H,2-3,6,8-9H2,(H2,17,24)/t10-/m0/s1. The van der Waals surface area contributed by atoms with Crippen LogP contribution in [0.5, 0.6) is 0 Å². The lowest BCUT2D eigenvalue weighted by Gasteiger charge is -2.31. The molecule has 2 N–H and O–H groups in total. The first kappa shape index (κ1) is 17.7. The molecule has 1 aliphatic heterocycles. The zero-order valence-electron chi connectivity index (χ0n) is 13.3. The van der Waals surface area contributed by atoms with Crippen LogP contribution in [0.1, 0.15) is 12.8 Å². The van der Waals surface area contributed by atoms with Crippen LogP contribution in [0.15, 0.2) is 29.4 Å². The normalized spacial score (nSPS) is 17.5. The van der Waals surface area contributed by atoms with Crippen molar-refractivity contribution in [1.82, 2.24) is 25.1 Å². The fourth-order valence-corrected chi connectivity index (χ4v) is 3.67. The molecule has 25 heavy (non-hydrogen) atoms. The number of thioether (sulfide) groups is 1. The number of nitrogens with zero attached hydrogens (tertiary/aromatic N) is 5. The van der Waals surface area contributed by atoms with Gasteiger partial charge in [-0.05, 0) is 41.5 Å². The molecule has 0 spiro atoms. The molecule has 8 nitrogen and oxygen atoms in total. The molecule has 1 fully saturated rings. The number of nitrogens with two attached hydrogens (primary N) is 1. The third kappa shape index (κ3) is 4.29. The number of tetrazole rings is 1. The van der Waals surface area contributed by atoms with Gasteiger partial charge >= 0.3 is 0 Å². The Morgan fingerprint density at radius 1 is 1.40 bits per heavy atom. The van der Waals surface area contributed by atoms with Crippen molar-refractivity contribution in [1.29, 1.82) is 0 Å². The number of carbonyl (C=O) groups is 2. The van der Waals surface area contributed by atoms with E-state index in [1.165, 1.54) is 16.4 Å². The van der Waals surface area contributed by atoms with Crippen molar-refractivity contribution in [2.45, 2.75) is 18.0 Å². The summed E-state index contributed by atoms with van der Waals surface area (Å²) >= 11 is 7.24. The molecule has 0 bridgehead atoms. The van der Waals surface area contributed by atoms with Crippen LogP contribution in [0.4, 0.5) is 0 Å². The summed E-state index contributed by atoms with van der Waals surface area (Å²) in [6.07, 6.45) is 1.52. The Morgan fingerprint density at radius 2 is 2.24 bits per heavy atom. The minimum absolute atomic E-state index is 0.0587. The number of piperidine rings is 1. The van der Waals surface area contributed by atoms with Crippen molar-refractivity contribution in [2.24, 2.45) is 11.7 Å². The fraction of sp³-hybridized carbons (Fsp3) is 0.400. The van der Waals surface area contributed by atoms with Crippen LogP contribution in [-0.4, -0.2) is 55.8 Å². The molecule has 2 heterocycles. The Morgan fingerprint density at radius 3 is 3.00 bits per heavy atom. The van der Waals surface area contributed by atoms with Crippen molar-refractivity contribution >= 4 is 35.2 Å². The van der Waals surface area contributed by atoms with E-state index >= 15 is 0 Å². The molecule has 1 aromatic carbocycles. The third-order valence-electron chi connectivity index (χ3n) is 3.99. The summed E-state index contributed by atoms with van der Waals surface area (Å²) in [5.41, 5.74) is 6.08. The molecule has 1 atom stereocenters. The summed E-state index contributed by atoms with van der Waals surface area (Å²) in [4.78, 5) is 25.4. The molecule has 1 saturated heterocycles. The van der Waals surface area contributed by atoms with Crippen molar-refractivity contribution in [3.05, 3.63) is 29.3 Å². The molecule has 1 aliphatic rings. The number of rotatable bonds is 5. The molecule has 0 saturated carbocycles. The van der Waals surface area contributed by atoms with E-state index in [0.29, 0.717) is 23.3 Å². The highest BCUT2D eigenvalue weighted by Crippen LogP contribution is 2.22. The quantitative estimate of drug-likeness (QED) is 0.779. The average molecular weight is 381 g/mol. The molecule has 0 unspecified atom stereocenters. The first-order valence-electron chi connectivity index (χ1n) is 7.79. The molecule has 2 amide bonds. The van der Waals surface area contributed by atoms with Gasteiger partial charge in [0, 0.05) is 18.1 Å². The predicted octanol–water partition coefficient (Wildman–Crippen LogP) is 1.13. The molecule has 10 heteroatoms. The monoisotopic (exact) mass is 380 g/mol. The van der Waals surface area contributed by atoms with Gasteiger partial charge in [0.1, 0.15) is 0 Å². The Labute approximate surface area is 153 Å². The first-order valence-corrected chi connectivity index (χ1v) is 9.15. The SMILES string of the molecule is NC(=O)[C@H]1CCCN(C(=O)CSc2nnnn2-c2cccc(Cl)c2)C1. The Hall–Kier alpha value is -2.13. The Kier molecular flexibility index (Phi) is 5.54. The maximum atomic E-state index is 12.4. The van der Waals surface area contributed by atoms with E-state index in [2.05, 4.69) is 15.5 Å². The van der Waals surface area contributed by atoms with E-state index < -0.39 is 0 Å². The van der Waals surface area contributed by atoms with E-state index in [-0.39, 0.29) is 23.5 Å². The topological polar surface area (TPSA) is 107 Å². The lowest BCUT2D eigenvalue weighted by Crippen LogP contribution is -2.44. The molecule has 2 aromatic rings. The summed E-state index contributed by atoms with van der Waals surface area (Å²) in [6, 6.07) is 7.13. The minimum atomic E-state index is -0.352. The summed E-state index contributed by atoms with van der Waals surface area (Å²) in [7, 11) is 0. The third-order valence-corrected chi connectivity index (χ3v) is 5.13. The van der Waals surface area contributed by atoms with Gasteiger partial charge in [-0.3, -0.25) is 9.59 Å². The van der Waals surface area contributed by atoms with Gasteiger partial charge in [-0.2, -0.15) is 4.68 Å². The van der Waals surface area contributed by atoms with Gasteiger partial charge in [-0.1, -0.05) is 29.4 Å². The summed E-state index contributed by atoms with van der Waals surface area (Å²) in [6.45, 7) is 1.02. The van der Waals surface area contributed by atoms with Crippen molar-refractivity contribution in [2.75, 3.05) is 18.8 Å². The van der Waals surface area contributed by atoms with Gasteiger partial charge in [-0.25, -0.2) is 0 Å². The lowest BCUT2D eigenvalue weighted by atomic mass is 9.97. The van der Waals surface area contributed by atoms with E-state index in [4.69, 9.17) is 17.3 Å². The number of likely N-dealkylation sites (tertiary alicyclic amines) is 1. The number of hydrogen-bond donors (Lipinski definition) is 1. The molecule has 3 rings (SSSR count). The van der Waals surface area contributed by atoms with Crippen LogP contribution in [0, 0.1) is 5.92 Å². The average Bonchev–Trinajstić information content (AvgIpc) is 3.08. The highest BCUT2D eigenvalue weighted by Gasteiger charge is 2.27. The van der Waals surface area contributed by atoms with E-state index in [9.17, 15) is 9.59 Å². The second-order valence-electron chi connectivity index (χ2n) is 5.72.